The lowest BCUT2D eigenvalue weighted by Crippen LogP contribution is -2.35. The first-order chi connectivity index (χ1) is 15.0. The molecule has 0 saturated carbocycles. The van der Waals surface area contributed by atoms with Crippen molar-refractivity contribution in [2.45, 2.75) is 13.5 Å². The number of carbonyl (C=O) groups excluding carboxylic acids is 1. The van der Waals surface area contributed by atoms with Crippen molar-refractivity contribution in [1.29, 1.82) is 0 Å². The molecule has 31 heavy (non-hydrogen) atoms. The summed E-state index contributed by atoms with van der Waals surface area (Å²) in [6.07, 6.45) is 0. The average molecular weight is 419 g/mol. The molecule has 1 N–H and O–H groups in total. The van der Waals surface area contributed by atoms with Gasteiger partial charge in [-0.3, -0.25) is 19.6 Å². The zero-order valence-corrected chi connectivity index (χ0v) is 17.1. The van der Waals surface area contributed by atoms with Crippen LogP contribution in [0.15, 0.2) is 65.5 Å². The second-order valence-electron chi connectivity index (χ2n) is 6.79. The van der Waals surface area contributed by atoms with Crippen molar-refractivity contribution in [3.8, 4) is 11.5 Å². The normalized spacial score (nSPS) is 10.8. The van der Waals surface area contributed by atoms with Gasteiger partial charge in [0, 0.05) is 11.8 Å². The van der Waals surface area contributed by atoms with Crippen molar-refractivity contribution < 1.29 is 14.3 Å². The number of para-hydroxylation sites is 3. The maximum Gasteiger partial charge on any atom is 0.274 e. The van der Waals surface area contributed by atoms with Gasteiger partial charge in [-0.1, -0.05) is 30.3 Å². The van der Waals surface area contributed by atoms with Crippen LogP contribution < -0.4 is 19.9 Å². The van der Waals surface area contributed by atoms with E-state index in [0.29, 0.717) is 28.7 Å². The number of nitrogens with one attached hydrogen (secondary N) is 1. The number of ether oxygens (including phenoxy) is 2. The highest BCUT2D eigenvalue weighted by atomic mass is 16.5. The van der Waals surface area contributed by atoms with E-state index in [0.717, 1.165) is 0 Å². The molecule has 0 bridgehead atoms. The van der Waals surface area contributed by atoms with E-state index < -0.39 is 0 Å². The van der Waals surface area contributed by atoms with E-state index in [-0.39, 0.29) is 30.4 Å². The average Bonchev–Trinajstić information content (AvgIpc) is 3.19. The monoisotopic (exact) mass is 419 g/mol. The summed E-state index contributed by atoms with van der Waals surface area (Å²) in [6.45, 7) is 1.61. The fourth-order valence-corrected chi connectivity index (χ4v) is 3.16. The van der Waals surface area contributed by atoms with Crippen molar-refractivity contribution >= 4 is 17.4 Å². The third kappa shape index (κ3) is 4.40. The largest absolute Gasteiger partial charge is 0.495 e. The van der Waals surface area contributed by atoms with Gasteiger partial charge in [0.25, 0.3) is 17.2 Å². The molecule has 0 aliphatic heterocycles. The Labute approximate surface area is 177 Å². The van der Waals surface area contributed by atoms with Crippen LogP contribution in [0.1, 0.15) is 11.5 Å². The number of rotatable bonds is 7. The number of anilines is 1. The molecule has 4 rings (SSSR count). The molecule has 158 valence electrons. The number of aromatic amines is 1. The predicted octanol–water partition coefficient (Wildman–Crippen LogP) is 2.35. The molecule has 0 aliphatic rings. The summed E-state index contributed by atoms with van der Waals surface area (Å²) >= 11 is 0. The van der Waals surface area contributed by atoms with Gasteiger partial charge in [-0.25, -0.2) is 4.98 Å². The summed E-state index contributed by atoms with van der Waals surface area (Å²) in [5.74, 6) is 1.45. The highest BCUT2D eigenvalue weighted by molar-refractivity contribution is 5.95. The Hall–Kier alpha value is -4.14. The Balaban J connectivity index is 1.66. The smallest absolute Gasteiger partial charge is 0.274 e. The molecule has 0 aliphatic carbocycles. The van der Waals surface area contributed by atoms with E-state index >= 15 is 0 Å². The maximum absolute atomic E-state index is 13.1. The van der Waals surface area contributed by atoms with Crippen molar-refractivity contribution in [2.75, 3.05) is 18.6 Å². The van der Waals surface area contributed by atoms with Gasteiger partial charge in [0.05, 0.1) is 19.3 Å². The Morgan fingerprint density at radius 1 is 1.10 bits per heavy atom. The van der Waals surface area contributed by atoms with Crippen molar-refractivity contribution in [1.82, 2.24) is 19.6 Å². The summed E-state index contributed by atoms with van der Waals surface area (Å²) in [7, 11) is 1.54. The molecule has 2 aromatic heterocycles. The van der Waals surface area contributed by atoms with Gasteiger partial charge in [-0.2, -0.15) is 9.50 Å². The molecule has 0 fully saturated rings. The second-order valence-corrected chi connectivity index (χ2v) is 6.79. The lowest BCUT2D eigenvalue weighted by atomic mass is 10.2. The number of methoxy groups -OCH3 is 1. The van der Waals surface area contributed by atoms with Gasteiger partial charge in [0.2, 0.25) is 0 Å². The van der Waals surface area contributed by atoms with Crippen molar-refractivity contribution in [2.24, 2.45) is 0 Å². The lowest BCUT2D eigenvalue weighted by molar-refractivity contribution is -0.120. The summed E-state index contributed by atoms with van der Waals surface area (Å²) in [6, 6.07) is 17.7. The Morgan fingerprint density at radius 2 is 1.84 bits per heavy atom. The van der Waals surface area contributed by atoms with Gasteiger partial charge in [-0.05, 0) is 31.2 Å². The molecule has 0 saturated heterocycles. The summed E-state index contributed by atoms with van der Waals surface area (Å²) in [5.41, 5.74) is 0.851. The van der Waals surface area contributed by atoms with Crippen LogP contribution in [0.2, 0.25) is 0 Å². The molecule has 9 heteroatoms. The van der Waals surface area contributed by atoms with E-state index in [2.05, 4.69) is 15.1 Å². The quantitative estimate of drug-likeness (QED) is 0.493. The number of hydrogen-bond donors (Lipinski definition) is 1. The van der Waals surface area contributed by atoms with Crippen molar-refractivity contribution in [3.05, 3.63) is 82.5 Å². The van der Waals surface area contributed by atoms with E-state index in [1.54, 1.807) is 31.2 Å². The number of amides is 1. The molecular weight excluding hydrogens is 398 g/mol. The number of fused-ring (bicyclic) bond motifs is 1. The molecule has 0 spiro atoms. The predicted molar refractivity (Wildman–Crippen MR) is 114 cm³/mol. The zero-order chi connectivity index (χ0) is 21.8. The van der Waals surface area contributed by atoms with Crippen LogP contribution in [0, 0.1) is 6.92 Å². The fraction of sp³-hybridized carbons (Fsp3) is 0.182. The topological polar surface area (TPSA) is 102 Å². The molecular formula is C22H21N5O4. The zero-order valence-electron chi connectivity index (χ0n) is 17.1. The Bertz CT molecular complexity index is 1270. The third-order valence-electron chi connectivity index (χ3n) is 4.60. The van der Waals surface area contributed by atoms with E-state index in [1.807, 2.05) is 30.3 Å². The van der Waals surface area contributed by atoms with Crippen LogP contribution in [0.4, 0.5) is 5.69 Å². The first kappa shape index (κ1) is 20.1. The van der Waals surface area contributed by atoms with Crippen LogP contribution in [-0.4, -0.2) is 39.2 Å². The number of aryl methyl sites for hydroxylation is 1. The van der Waals surface area contributed by atoms with Gasteiger partial charge < -0.3 is 9.47 Å². The molecule has 4 aromatic rings. The molecule has 1 amide bonds. The van der Waals surface area contributed by atoms with E-state index in [1.165, 1.54) is 22.6 Å². The Morgan fingerprint density at radius 3 is 2.61 bits per heavy atom. The van der Waals surface area contributed by atoms with Crippen LogP contribution >= 0.6 is 0 Å². The number of nitrogens with zero attached hydrogens (tertiary/aromatic N) is 4. The van der Waals surface area contributed by atoms with Crippen LogP contribution in [0.3, 0.4) is 0 Å². The molecule has 2 heterocycles. The third-order valence-corrected chi connectivity index (χ3v) is 4.60. The lowest BCUT2D eigenvalue weighted by Gasteiger charge is -2.23. The van der Waals surface area contributed by atoms with Gasteiger partial charge in [-0.15, -0.1) is 0 Å². The molecule has 0 radical (unpaired) electrons. The number of aromatic nitrogens is 4. The van der Waals surface area contributed by atoms with E-state index in [9.17, 15) is 9.59 Å². The standard InChI is InChI=1S/C22H21N5O4/c1-15-12-20(28)27-22(23-15)24-19(25-27)13-26(17-10-6-7-11-18(17)30-2)21(29)14-31-16-8-4-3-5-9-16/h3-12H,13-14H2,1-2H3,(H,23,24,25). The molecule has 0 atom stereocenters. The number of H-pyrrole nitrogens is 1. The van der Waals surface area contributed by atoms with Gasteiger partial charge >= 0.3 is 0 Å². The molecule has 2 aromatic carbocycles. The van der Waals surface area contributed by atoms with Crippen LogP contribution in [0.25, 0.3) is 5.78 Å². The molecule has 9 nitrogen and oxygen atoms in total. The first-order valence-corrected chi connectivity index (χ1v) is 9.61. The first-order valence-electron chi connectivity index (χ1n) is 9.61. The Kier molecular flexibility index (Phi) is 5.65. The number of hydrogen-bond acceptors (Lipinski definition) is 6. The van der Waals surface area contributed by atoms with Crippen molar-refractivity contribution in [3.63, 3.8) is 0 Å². The highest BCUT2D eigenvalue weighted by Crippen LogP contribution is 2.29. The minimum absolute atomic E-state index is 0.0687. The minimum atomic E-state index is -0.301. The summed E-state index contributed by atoms with van der Waals surface area (Å²) in [5, 5.41) is 2.91. The number of benzene rings is 2. The molecule has 0 unspecified atom stereocenters. The number of carbonyl (C=O) groups is 1. The summed E-state index contributed by atoms with van der Waals surface area (Å²) in [4.78, 5) is 35.5. The SMILES string of the molecule is COc1ccccc1N(Cc1nc2nc(C)cc(=O)n2[nH]1)C(=O)COc1ccccc1. The second kappa shape index (κ2) is 8.70. The highest BCUT2D eigenvalue weighted by Gasteiger charge is 2.22. The summed E-state index contributed by atoms with van der Waals surface area (Å²) < 4.78 is 12.3. The fourth-order valence-electron chi connectivity index (χ4n) is 3.16. The van der Waals surface area contributed by atoms with E-state index in [4.69, 9.17) is 9.47 Å². The van der Waals surface area contributed by atoms with Crippen LogP contribution in [-0.2, 0) is 11.3 Å². The van der Waals surface area contributed by atoms with Gasteiger partial charge in [0.15, 0.2) is 6.61 Å². The van der Waals surface area contributed by atoms with Crippen LogP contribution in [0.5, 0.6) is 11.5 Å². The minimum Gasteiger partial charge on any atom is -0.495 e. The maximum atomic E-state index is 13.1. The van der Waals surface area contributed by atoms with Gasteiger partial charge in [0.1, 0.15) is 17.3 Å².